The summed E-state index contributed by atoms with van der Waals surface area (Å²) in [5, 5.41) is 10.9. The van der Waals surface area contributed by atoms with E-state index in [0.29, 0.717) is 31.7 Å². The van der Waals surface area contributed by atoms with Gasteiger partial charge in [0.25, 0.3) is 5.91 Å². The molecule has 0 aliphatic carbocycles. The van der Waals surface area contributed by atoms with Gasteiger partial charge in [-0.3, -0.25) is 4.79 Å². The number of aromatic hydroxyl groups is 1. The number of halogens is 1. The number of carbonyl (C=O) groups is 1. The van der Waals surface area contributed by atoms with Crippen molar-refractivity contribution in [1.29, 1.82) is 0 Å². The number of phenolic OH excluding ortho intramolecular Hbond substituents is 1. The second-order valence-corrected chi connectivity index (χ2v) is 7.64. The van der Waals surface area contributed by atoms with Gasteiger partial charge in [-0.25, -0.2) is 9.97 Å². The Morgan fingerprint density at radius 2 is 2.00 bits per heavy atom. The van der Waals surface area contributed by atoms with Gasteiger partial charge >= 0.3 is 0 Å². The third kappa shape index (κ3) is 3.19. The number of hydrogen-bond donors (Lipinski definition) is 1. The third-order valence-electron chi connectivity index (χ3n) is 4.18. The summed E-state index contributed by atoms with van der Waals surface area (Å²) in [6.45, 7) is 2.61. The minimum absolute atomic E-state index is 0.000878. The first-order valence-corrected chi connectivity index (χ1v) is 9.47. The molecule has 4 rings (SSSR count). The van der Waals surface area contributed by atoms with Crippen molar-refractivity contribution in [3.8, 4) is 5.75 Å². The first kappa shape index (κ1) is 16.3. The van der Waals surface area contributed by atoms with E-state index in [-0.39, 0.29) is 11.7 Å². The van der Waals surface area contributed by atoms with Crippen molar-refractivity contribution < 1.29 is 9.90 Å². The number of benzene rings is 1. The fourth-order valence-corrected chi connectivity index (χ4v) is 4.16. The number of amides is 1. The molecule has 0 atom stereocenters. The van der Waals surface area contributed by atoms with Crippen molar-refractivity contribution in [1.82, 2.24) is 14.9 Å². The Labute approximate surface area is 156 Å². The van der Waals surface area contributed by atoms with Gasteiger partial charge in [0.2, 0.25) is 0 Å². The molecule has 0 spiro atoms. The summed E-state index contributed by atoms with van der Waals surface area (Å²) in [6, 6.07) is 8.79. The van der Waals surface area contributed by atoms with Gasteiger partial charge in [0.05, 0.1) is 5.56 Å². The van der Waals surface area contributed by atoms with Crippen LogP contribution in [0, 0.1) is 0 Å². The second kappa shape index (κ2) is 6.61. The Balaban J connectivity index is 1.46. The summed E-state index contributed by atoms with van der Waals surface area (Å²) >= 11 is 4.86. The van der Waals surface area contributed by atoms with Crippen LogP contribution in [0.4, 0.5) is 5.13 Å². The van der Waals surface area contributed by atoms with Crippen LogP contribution in [0.1, 0.15) is 10.4 Å². The van der Waals surface area contributed by atoms with Gasteiger partial charge < -0.3 is 14.9 Å². The molecule has 3 heterocycles. The van der Waals surface area contributed by atoms with Crippen molar-refractivity contribution in [3.05, 3.63) is 46.6 Å². The normalized spacial score (nSPS) is 14.9. The van der Waals surface area contributed by atoms with E-state index in [1.54, 1.807) is 34.6 Å². The molecule has 1 aliphatic rings. The van der Waals surface area contributed by atoms with Crippen LogP contribution in [0.25, 0.3) is 10.3 Å². The number of nitrogens with zero attached hydrogens (tertiary/aromatic N) is 4. The van der Waals surface area contributed by atoms with Crippen molar-refractivity contribution in [2.24, 2.45) is 0 Å². The lowest BCUT2D eigenvalue weighted by atomic mass is 10.1. The van der Waals surface area contributed by atoms with Gasteiger partial charge in [0.1, 0.15) is 16.1 Å². The minimum Gasteiger partial charge on any atom is -0.507 e. The molecule has 1 aromatic carbocycles. The topological polar surface area (TPSA) is 69.6 Å². The number of phenols is 1. The SMILES string of the molecule is O=C(c1ccc(Br)cc1O)N1CCN(c2nc3cccnc3s2)CC1. The van der Waals surface area contributed by atoms with E-state index in [4.69, 9.17) is 0 Å². The summed E-state index contributed by atoms with van der Waals surface area (Å²) in [5.74, 6) is -0.144. The smallest absolute Gasteiger partial charge is 0.257 e. The summed E-state index contributed by atoms with van der Waals surface area (Å²) < 4.78 is 0.746. The Hall–Kier alpha value is -2.19. The molecule has 0 saturated carbocycles. The van der Waals surface area contributed by atoms with Crippen molar-refractivity contribution in [2.75, 3.05) is 31.1 Å². The Kier molecular flexibility index (Phi) is 4.30. The van der Waals surface area contributed by atoms with E-state index in [1.807, 2.05) is 12.1 Å². The Morgan fingerprint density at radius 1 is 1.20 bits per heavy atom. The predicted octanol–water partition coefficient (Wildman–Crippen LogP) is 3.12. The van der Waals surface area contributed by atoms with Gasteiger partial charge in [0.15, 0.2) is 5.13 Å². The van der Waals surface area contributed by atoms with Gasteiger partial charge in [-0.1, -0.05) is 27.3 Å². The van der Waals surface area contributed by atoms with E-state index < -0.39 is 0 Å². The molecule has 25 heavy (non-hydrogen) atoms. The average Bonchev–Trinajstić information content (AvgIpc) is 3.05. The summed E-state index contributed by atoms with van der Waals surface area (Å²) in [7, 11) is 0. The second-order valence-electron chi connectivity index (χ2n) is 5.76. The number of anilines is 1. The highest BCUT2D eigenvalue weighted by Crippen LogP contribution is 2.28. The van der Waals surface area contributed by atoms with Crippen molar-refractivity contribution in [2.45, 2.75) is 0 Å². The lowest BCUT2D eigenvalue weighted by molar-refractivity contribution is 0.0743. The average molecular weight is 419 g/mol. The molecule has 1 N–H and O–H groups in total. The molecule has 1 saturated heterocycles. The molecular formula is C17H15BrN4O2S. The zero-order valence-electron chi connectivity index (χ0n) is 13.2. The predicted molar refractivity (Wildman–Crippen MR) is 101 cm³/mol. The van der Waals surface area contributed by atoms with Crippen molar-refractivity contribution >= 4 is 48.7 Å². The number of hydrogen-bond acceptors (Lipinski definition) is 6. The number of carbonyl (C=O) groups excluding carboxylic acids is 1. The standard InChI is InChI=1S/C17H15BrN4O2S/c18-11-3-4-12(14(23)10-11)16(24)21-6-8-22(9-7-21)17-20-13-2-1-5-19-15(13)25-17/h1-5,10,23H,6-9H2. The molecule has 3 aromatic rings. The molecule has 1 fully saturated rings. The van der Waals surface area contributed by atoms with E-state index in [2.05, 4.69) is 30.8 Å². The fraction of sp³-hybridized carbons (Fsp3) is 0.235. The van der Waals surface area contributed by atoms with Crippen LogP contribution in [0.3, 0.4) is 0 Å². The first-order valence-electron chi connectivity index (χ1n) is 7.86. The maximum absolute atomic E-state index is 12.6. The van der Waals surface area contributed by atoms with E-state index in [9.17, 15) is 9.90 Å². The summed E-state index contributed by atoms with van der Waals surface area (Å²) in [6.07, 6.45) is 1.77. The van der Waals surface area contributed by atoms with Crippen LogP contribution < -0.4 is 4.90 Å². The molecule has 6 nitrogen and oxygen atoms in total. The number of fused-ring (bicyclic) bond motifs is 1. The Bertz CT molecular complexity index is 904. The lowest BCUT2D eigenvalue weighted by Gasteiger charge is -2.34. The van der Waals surface area contributed by atoms with Crippen LogP contribution in [0.5, 0.6) is 5.75 Å². The maximum Gasteiger partial charge on any atom is 0.257 e. The van der Waals surface area contributed by atoms with E-state index in [1.165, 1.54) is 6.07 Å². The van der Waals surface area contributed by atoms with Gasteiger partial charge in [-0.15, -0.1) is 0 Å². The molecule has 1 aliphatic heterocycles. The highest BCUT2D eigenvalue weighted by molar-refractivity contribution is 9.10. The van der Waals surface area contributed by atoms with Gasteiger partial charge in [-0.05, 0) is 30.3 Å². The van der Waals surface area contributed by atoms with E-state index in [0.717, 1.165) is 20.0 Å². The molecular weight excluding hydrogens is 404 g/mol. The van der Waals surface area contributed by atoms with Gasteiger partial charge in [0, 0.05) is 36.8 Å². The molecule has 8 heteroatoms. The maximum atomic E-state index is 12.6. The largest absolute Gasteiger partial charge is 0.507 e. The summed E-state index contributed by atoms with van der Waals surface area (Å²) in [4.78, 5) is 26.4. The summed E-state index contributed by atoms with van der Waals surface area (Å²) in [5.41, 5.74) is 1.24. The zero-order chi connectivity index (χ0) is 17.4. The zero-order valence-corrected chi connectivity index (χ0v) is 15.6. The fourth-order valence-electron chi connectivity index (χ4n) is 2.85. The number of aromatic nitrogens is 2. The third-order valence-corrected chi connectivity index (χ3v) is 5.72. The molecule has 1 amide bonds. The lowest BCUT2D eigenvalue weighted by Crippen LogP contribution is -2.48. The molecule has 128 valence electrons. The highest BCUT2D eigenvalue weighted by atomic mass is 79.9. The molecule has 0 bridgehead atoms. The highest BCUT2D eigenvalue weighted by Gasteiger charge is 2.25. The number of thiazole rings is 1. The molecule has 0 unspecified atom stereocenters. The monoisotopic (exact) mass is 418 g/mol. The van der Waals surface area contributed by atoms with E-state index >= 15 is 0 Å². The van der Waals surface area contributed by atoms with Crippen LogP contribution >= 0.6 is 27.3 Å². The van der Waals surface area contributed by atoms with Gasteiger partial charge in [-0.2, -0.15) is 0 Å². The minimum atomic E-state index is -0.143. The number of rotatable bonds is 2. The molecule has 0 radical (unpaired) electrons. The molecule has 2 aromatic heterocycles. The number of piperazine rings is 1. The van der Waals surface area contributed by atoms with Crippen LogP contribution in [0.2, 0.25) is 0 Å². The quantitative estimate of drug-likeness (QED) is 0.692. The number of pyridine rings is 1. The Morgan fingerprint density at radius 3 is 2.72 bits per heavy atom. The van der Waals surface area contributed by atoms with Crippen molar-refractivity contribution in [3.63, 3.8) is 0 Å². The first-order chi connectivity index (χ1) is 12.1. The van der Waals surface area contributed by atoms with Crippen LogP contribution in [-0.2, 0) is 0 Å². The van der Waals surface area contributed by atoms with Crippen LogP contribution in [0.15, 0.2) is 41.0 Å². The van der Waals surface area contributed by atoms with Crippen LogP contribution in [-0.4, -0.2) is 52.1 Å².